The first-order valence-electron chi connectivity index (χ1n) is 7.25. The van der Waals surface area contributed by atoms with Crippen LogP contribution in [-0.2, 0) is 4.79 Å². The van der Waals surface area contributed by atoms with Crippen LogP contribution in [0.1, 0.15) is 44.1 Å². The lowest BCUT2D eigenvalue weighted by Crippen LogP contribution is -2.43. The highest BCUT2D eigenvalue weighted by Gasteiger charge is 2.26. The summed E-state index contributed by atoms with van der Waals surface area (Å²) < 4.78 is 0. The van der Waals surface area contributed by atoms with Gasteiger partial charge in [0.2, 0.25) is 5.91 Å². The van der Waals surface area contributed by atoms with Gasteiger partial charge in [0.1, 0.15) is 0 Å². The summed E-state index contributed by atoms with van der Waals surface area (Å²) in [4.78, 5) is 13.4. The minimum Gasteiger partial charge on any atom is -0.311 e. The lowest BCUT2D eigenvalue weighted by Gasteiger charge is -2.31. The van der Waals surface area contributed by atoms with E-state index >= 15 is 0 Å². The van der Waals surface area contributed by atoms with E-state index < -0.39 is 0 Å². The summed E-state index contributed by atoms with van der Waals surface area (Å²) in [5.41, 5.74) is 1.99. The Bertz CT molecular complexity index is 532. The van der Waals surface area contributed by atoms with E-state index in [0.29, 0.717) is 12.3 Å². The van der Waals surface area contributed by atoms with Gasteiger partial charge in [-0.1, -0.05) is 43.2 Å². The summed E-state index contributed by atoms with van der Waals surface area (Å²) in [6, 6.07) is 8.00. The molecule has 19 heavy (non-hydrogen) atoms. The van der Waals surface area contributed by atoms with E-state index in [1.165, 1.54) is 32.1 Å². The second-order valence-electron chi connectivity index (χ2n) is 5.42. The molecule has 2 heteroatoms. The number of carbonyl (C=O) groups excluding carboxylic acids is 1. The van der Waals surface area contributed by atoms with E-state index in [2.05, 4.69) is 11.8 Å². The van der Waals surface area contributed by atoms with Gasteiger partial charge in [0, 0.05) is 24.4 Å². The third kappa shape index (κ3) is 2.66. The van der Waals surface area contributed by atoms with Crippen molar-refractivity contribution in [2.45, 2.75) is 38.5 Å². The molecule has 0 unspecified atom stereocenters. The van der Waals surface area contributed by atoms with Gasteiger partial charge in [-0.2, -0.15) is 0 Å². The van der Waals surface area contributed by atoms with Gasteiger partial charge in [0.05, 0.1) is 5.69 Å². The maximum Gasteiger partial charge on any atom is 0.228 e. The Hall–Kier alpha value is -1.75. The number of benzene rings is 1. The molecule has 2 fully saturated rings. The third-order valence-corrected chi connectivity index (χ3v) is 4.06. The van der Waals surface area contributed by atoms with Crippen molar-refractivity contribution in [2.24, 2.45) is 5.92 Å². The van der Waals surface area contributed by atoms with Crippen LogP contribution >= 0.6 is 0 Å². The minimum atomic E-state index is 0.215. The van der Waals surface area contributed by atoms with Crippen molar-refractivity contribution in [1.29, 1.82) is 0 Å². The van der Waals surface area contributed by atoms with E-state index in [-0.39, 0.29) is 5.91 Å². The number of anilines is 1. The van der Waals surface area contributed by atoms with Crippen LogP contribution in [-0.4, -0.2) is 12.5 Å². The molecular formula is C17H19NO. The van der Waals surface area contributed by atoms with E-state index in [1.807, 2.05) is 29.2 Å². The van der Waals surface area contributed by atoms with Crippen LogP contribution in [0.4, 0.5) is 5.69 Å². The molecule has 0 atom stereocenters. The zero-order chi connectivity index (χ0) is 13.1. The largest absolute Gasteiger partial charge is 0.311 e. The smallest absolute Gasteiger partial charge is 0.228 e. The highest BCUT2D eigenvalue weighted by Crippen LogP contribution is 2.26. The molecule has 1 aliphatic carbocycles. The average Bonchev–Trinajstić information content (AvgIpc) is 2.46. The Labute approximate surface area is 114 Å². The van der Waals surface area contributed by atoms with Crippen LogP contribution in [0.5, 0.6) is 0 Å². The molecule has 1 aromatic carbocycles. The molecule has 1 aromatic rings. The summed E-state index contributed by atoms with van der Waals surface area (Å²) >= 11 is 0. The predicted octanol–water partition coefficient (Wildman–Crippen LogP) is 3.36. The van der Waals surface area contributed by atoms with Crippen LogP contribution in [0.2, 0.25) is 0 Å². The molecule has 1 saturated heterocycles. The molecule has 1 aliphatic heterocycles. The molecule has 98 valence electrons. The molecule has 1 saturated carbocycles. The minimum absolute atomic E-state index is 0.215. The number of amides is 1. The van der Waals surface area contributed by atoms with Crippen molar-refractivity contribution in [3.05, 3.63) is 29.8 Å². The first-order valence-corrected chi connectivity index (χ1v) is 7.25. The summed E-state index contributed by atoms with van der Waals surface area (Å²) in [6.07, 6.45) is 7.12. The number of nitrogens with zero attached hydrogens (tertiary/aromatic N) is 1. The molecule has 0 radical (unpaired) electrons. The molecular weight excluding hydrogens is 234 g/mol. The van der Waals surface area contributed by atoms with Crippen LogP contribution in [0.15, 0.2) is 24.3 Å². The summed E-state index contributed by atoms with van der Waals surface area (Å²) in [7, 11) is 0. The molecule has 1 heterocycles. The Balaban J connectivity index is 1.80. The van der Waals surface area contributed by atoms with Gasteiger partial charge >= 0.3 is 0 Å². The first kappa shape index (κ1) is 12.3. The second kappa shape index (κ2) is 5.48. The topological polar surface area (TPSA) is 20.3 Å². The van der Waals surface area contributed by atoms with Gasteiger partial charge in [-0.15, -0.1) is 0 Å². The van der Waals surface area contributed by atoms with Crippen molar-refractivity contribution in [3.8, 4) is 11.8 Å². The van der Waals surface area contributed by atoms with Gasteiger partial charge < -0.3 is 4.90 Å². The molecule has 2 aliphatic rings. The quantitative estimate of drug-likeness (QED) is 0.555. The number of rotatable bonds is 1. The van der Waals surface area contributed by atoms with Gasteiger partial charge in [-0.05, 0) is 25.0 Å². The second-order valence-corrected chi connectivity index (χ2v) is 5.42. The number of carbonyl (C=O) groups is 1. The molecule has 2 nitrogen and oxygen atoms in total. The van der Waals surface area contributed by atoms with Gasteiger partial charge in [-0.3, -0.25) is 4.79 Å². The van der Waals surface area contributed by atoms with Gasteiger partial charge in [0.15, 0.2) is 0 Å². The van der Waals surface area contributed by atoms with E-state index in [9.17, 15) is 4.79 Å². The highest BCUT2D eigenvalue weighted by atomic mass is 16.2. The fourth-order valence-electron chi connectivity index (χ4n) is 2.81. The number of para-hydroxylation sites is 1. The van der Waals surface area contributed by atoms with Crippen molar-refractivity contribution in [1.82, 2.24) is 0 Å². The molecule has 0 aromatic heterocycles. The Morgan fingerprint density at radius 2 is 1.89 bits per heavy atom. The third-order valence-electron chi connectivity index (χ3n) is 4.06. The molecule has 0 bridgehead atoms. The summed E-state index contributed by atoms with van der Waals surface area (Å²) in [5, 5.41) is 0. The number of hydrogen-bond acceptors (Lipinski definition) is 1. The van der Waals surface area contributed by atoms with Crippen molar-refractivity contribution in [2.75, 3.05) is 11.4 Å². The van der Waals surface area contributed by atoms with E-state index in [0.717, 1.165) is 17.8 Å². The maximum absolute atomic E-state index is 11.6. The SMILES string of the molecule is O=C1CCN1c1ccccc1C#CC1CCCCC1. The van der Waals surface area contributed by atoms with Crippen LogP contribution in [0.25, 0.3) is 0 Å². The summed E-state index contributed by atoms with van der Waals surface area (Å²) in [6.45, 7) is 0.834. The van der Waals surface area contributed by atoms with Gasteiger partial charge in [0.25, 0.3) is 0 Å². The predicted molar refractivity (Wildman–Crippen MR) is 76.9 cm³/mol. The van der Waals surface area contributed by atoms with Crippen molar-refractivity contribution < 1.29 is 4.79 Å². The molecule has 0 spiro atoms. The van der Waals surface area contributed by atoms with Crippen molar-refractivity contribution >= 4 is 11.6 Å². The average molecular weight is 253 g/mol. The Morgan fingerprint density at radius 1 is 1.11 bits per heavy atom. The molecule has 1 amide bonds. The molecule has 3 rings (SSSR count). The zero-order valence-electron chi connectivity index (χ0n) is 11.2. The Morgan fingerprint density at radius 3 is 2.58 bits per heavy atom. The fourth-order valence-corrected chi connectivity index (χ4v) is 2.81. The van der Waals surface area contributed by atoms with Crippen LogP contribution in [0, 0.1) is 17.8 Å². The van der Waals surface area contributed by atoms with Crippen LogP contribution in [0.3, 0.4) is 0 Å². The number of β-lactam (4-membered cyclic amide) rings is 1. The van der Waals surface area contributed by atoms with Gasteiger partial charge in [-0.25, -0.2) is 0 Å². The fraction of sp³-hybridized carbons (Fsp3) is 0.471. The molecule has 0 N–H and O–H groups in total. The standard InChI is InChI=1S/C17H19NO/c19-17-12-13-18(17)16-9-5-4-8-15(16)11-10-14-6-2-1-3-7-14/h4-5,8-9,14H,1-3,6-7,12-13H2. The van der Waals surface area contributed by atoms with E-state index in [1.54, 1.807) is 0 Å². The summed E-state index contributed by atoms with van der Waals surface area (Å²) in [5.74, 6) is 7.48. The lowest BCUT2D eigenvalue weighted by atomic mass is 9.89. The Kier molecular flexibility index (Phi) is 3.55. The van der Waals surface area contributed by atoms with Crippen molar-refractivity contribution in [3.63, 3.8) is 0 Å². The van der Waals surface area contributed by atoms with Crippen LogP contribution < -0.4 is 4.90 Å². The zero-order valence-corrected chi connectivity index (χ0v) is 11.2. The number of hydrogen-bond donors (Lipinski definition) is 0. The first-order chi connectivity index (χ1) is 9.34. The maximum atomic E-state index is 11.6. The lowest BCUT2D eigenvalue weighted by molar-refractivity contribution is -0.122. The van der Waals surface area contributed by atoms with E-state index in [4.69, 9.17) is 0 Å². The highest BCUT2D eigenvalue weighted by molar-refractivity contribution is 6.00. The normalized spacial score (nSPS) is 19.6. The monoisotopic (exact) mass is 253 g/mol.